The predicted octanol–water partition coefficient (Wildman–Crippen LogP) is 2.86. The van der Waals surface area contributed by atoms with E-state index in [9.17, 15) is 18.1 Å². The Labute approximate surface area is 238 Å². The molecule has 40 heavy (non-hydrogen) atoms. The molecule has 0 aliphatic carbocycles. The summed E-state index contributed by atoms with van der Waals surface area (Å²) in [5.74, 6) is -0.263. The van der Waals surface area contributed by atoms with Gasteiger partial charge in [0.2, 0.25) is 0 Å². The van der Waals surface area contributed by atoms with Gasteiger partial charge in [-0.05, 0) is 62.3 Å². The molecule has 4 N–H and O–H groups in total. The van der Waals surface area contributed by atoms with Crippen molar-refractivity contribution in [1.82, 2.24) is 0 Å². The molecule has 12 nitrogen and oxygen atoms in total. The van der Waals surface area contributed by atoms with Crippen LogP contribution in [0.3, 0.4) is 0 Å². The molecule has 1 atom stereocenters. The highest BCUT2D eigenvalue weighted by atomic mass is 32.2. The second-order valence-corrected chi connectivity index (χ2v) is 11.8. The number of rotatable bonds is 21. The van der Waals surface area contributed by atoms with Gasteiger partial charge in [-0.15, -0.1) is 0 Å². The van der Waals surface area contributed by atoms with Crippen molar-refractivity contribution >= 4 is 21.7 Å². The van der Waals surface area contributed by atoms with Gasteiger partial charge in [0.15, 0.2) is 0 Å². The lowest BCUT2D eigenvalue weighted by Crippen LogP contribution is -2.49. The number of hydrogen-bond donors (Lipinski definition) is 4. The molecule has 13 heteroatoms. The van der Waals surface area contributed by atoms with Crippen molar-refractivity contribution < 1.29 is 47.0 Å². The van der Waals surface area contributed by atoms with E-state index in [2.05, 4.69) is 4.72 Å². The maximum Gasteiger partial charge on any atom is 0.357 e. The van der Waals surface area contributed by atoms with Gasteiger partial charge in [-0.1, -0.05) is 13.8 Å². The molecule has 1 aromatic carbocycles. The SMILES string of the molecule is CC(C)c1cc2c(cc1NS(=O)(=O)O)C(CO)CC(C)(C)N2OCCOCCOCCCCOCCOCCO. The van der Waals surface area contributed by atoms with Gasteiger partial charge >= 0.3 is 10.3 Å². The van der Waals surface area contributed by atoms with Gasteiger partial charge in [-0.25, -0.2) is 5.06 Å². The molecule has 1 aromatic rings. The summed E-state index contributed by atoms with van der Waals surface area (Å²) in [5, 5.41) is 20.5. The molecule has 0 radical (unpaired) electrons. The number of aliphatic hydroxyl groups excluding tert-OH is 2. The van der Waals surface area contributed by atoms with E-state index in [0.717, 1.165) is 24.1 Å². The van der Waals surface area contributed by atoms with Gasteiger partial charge in [-0.3, -0.25) is 14.1 Å². The molecule has 0 spiro atoms. The van der Waals surface area contributed by atoms with Crippen molar-refractivity contribution in [2.75, 3.05) is 82.5 Å². The number of hydrogen-bond acceptors (Lipinski definition) is 10. The van der Waals surface area contributed by atoms with Crippen LogP contribution >= 0.6 is 0 Å². The summed E-state index contributed by atoms with van der Waals surface area (Å²) >= 11 is 0. The van der Waals surface area contributed by atoms with Crippen molar-refractivity contribution in [2.24, 2.45) is 0 Å². The minimum Gasteiger partial charge on any atom is -0.396 e. The molecule has 0 saturated heterocycles. The number of aliphatic hydroxyl groups is 2. The molecule has 1 heterocycles. The van der Waals surface area contributed by atoms with Crippen LogP contribution in [0, 0.1) is 0 Å². The standard InChI is InChI=1S/C27H48N2O10S/c1-21(2)23-18-26-24(17-25(23)28-40(32,33)34)22(20-31)19-27(3,4)29(26)39-16-15-38-14-12-36-9-6-5-8-35-11-13-37-10-7-30/h17-18,21-22,28,30-31H,5-16,19-20H2,1-4H3,(H,32,33,34). The molecule has 1 aliphatic heterocycles. The van der Waals surface area contributed by atoms with E-state index in [1.807, 2.05) is 38.8 Å². The maximum absolute atomic E-state index is 11.6. The maximum atomic E-state index is 11.6. The van der Waals surface area contributed by atoms with Crippen LogP contribution < -0.4 is 9.79 Å². The molecule has 1 unspecified atom stereocenters. The number of nitrogens with one attached hydrogen (secondary N) is 1. The fourth-order valence-corrected chi connectivity index (χ4v) is 5.12. The lowest BCUT2D eigenvalue weighted by atomic mass is 9.79. The van der Waals surface area contributed by atoms with Crippen LogP contribution in [0.5, 0.6) is 0 Å². The summed E-state index contributed by atoms with van der Waals surface area (Å²) in [5.41, 5.74) is 2.05. The third kappa shape index (κ3) is 11.7. The van der Waals surface area contributed by atoms with E-state index in [0.29, 0.717) is 71.4 Å². The molecule has 2 rings (SSSR count). The van der Waals surface area contributed by atoms with E-state index in [1.54, 1.807) is 6.07 Å². The zero-order valence-electron chi connectivity index (χ0n) is 24.3. The molecular formula is C27H48N2O10S. The Bertz CT molecular complexity index is 974. The third-order valence-electron chi connectivity index (χ3n) is 6.49. The molecular weight excluding hydrogens is 544 g/mol. The average molecular weight is 593 g/mol. The van der Waals surface area contributed by atoms with Gasteiger partial charge in [-0.2, -0.15) is 8.42 Å². The van der Waals surface area contributed by atoms with Crippen molar-refractivity contribution in [2.45, 2.75) is 64.3 Å². The van der Waals surface area contributed by atoms with Crippen LogP contribution in [0.15, 0.2) is 12.1 Å². The summed E-state index contributed by atoms with van der Waals surface area (Å²) < 4.78 is 56.5. The van der Waals surface area contributed by atoms with Gasteiger partial charge < -0.3 is 29.2 Å². The average Bonchev–Trinajstić information content (AvgIpc) is 2.87. The van der Waals surface area contributed by atoms with Crippen molar-refractivity contribution in [3.05, 3.63) is 23.3 Å². The minimum absolute atomic E-state index is 0.0209. The fourth-order valence-electron chi connectivity index (χ4n) is 4.66. The van der Waals surface area contributed by atoms with Crippen LogP contribution in [-0.4, -0.2) is 101 Å². The highest BCUT2D eigenvalue weighted by Gasteiger charge is 2.40. The van der Waals surface area contributed by atoms with Gasteiger partial charge in [0.1, 0.15) is 0 Å². The summed E-state index contributed by atoms with van der Waals surface area (Å²) in [4.78, 5) is 6.17. The van der Waals surface area contributed by atoms with E-state index >= 15 is 0 Å². The molecule has 0 fully saturated rings. The van der Waals surface area contributed by atoms with Crippen LogP contribution in [-0.2, 0) is 34.1 Å². The van der Waals surface area contributed by atoms with Gasteiger partial charge in [0.05, 0.1) is 76.4 Å². The van der Waals surface area contributed by atoms with Crippen LogP contribution in [0.4, 0.5) is 11.4 Å². The smallest absolute Gasteiger partial charge is 0.357 e. The molecule has 0 saturated carbocycles. The summed E-state index contributed by atoms with van der Waals surface area (Å²) in [6, 6.07) is 3.54. The fraction of sp³-hybridized carbons (Fsp3) is 0.778. The second kappa shape index (κ2) is 17.4. The van der Waals surface area contributed by atoms with E-state index in [1.165, 1.54) is 0 Å². The predicted molar refractivity (Wildman–Crippen MR) is 152 cm³/mol. The van der Waals surface area contributed by atoms with Crippen molar-refractivity contribution in [1.29, 1.82) is 0 Å². The number of benzene rings is 1. The highest BCUT2D eigenvalue weighted by Crippen LogP contribution is 2.46. The number of ether oxygens (including phenoxy) is 4. The number of anilines is 2. The second-order valence-electron chi connectivity index (χ2n) is 10.6. The molecule has 0 bridgehead atoms. The van der Waals surface area contributed by atoms with Crippen molar-refractivity contribution in [3.63, 3.8) is 0 Å². The Kier molecular flexibility index (Phi) is 15.1. The van der Waals surface area contributed by atoms with Crippen LogP contribution in [0.1, 0.15) is 69.9 Å². The number of nitrogens with zero attached hydrogens (tertiary/aromatic N) is 1. The van der Waals surface area contributed by atoms with Crippen LogP contribution in [0.25, 0.3) is 0 Å². The van der Waals surface area contributed by atoms with Gasteiger partial charge in [0, 0.05) is 19.1 Å². The summed E-state index contributed by atoms with van der Waals surface area (Å²) in [6.07, 6.45) is 2.36. The topological polar surface area (TPSA) is 156 Å². The summed E-state index contributed by atoms with van der Waals surface area (Å²) in [7, 11) is -4.46. The van der Waals surface area contributed by atoms with Crippen LogP contribution in [0.2, 0.25) is 0 Å². The first-order valence-corrected chi connectivity index (χ1v) is 15.3. The Morgan fingerprint density at radius 3 is 2.00 bits per heavy atom. The van der Waals surface area contributed by atoms with E-state index in [4.69, 9.17) is 28.9 Å². The minimum atomic E-state index is -4.46. The largest absolute Gasteiger partial charge is 0.396 e. The summed E-state index contributed by atoms with van der Waals surface area (Å²) in [6.45, 7) is 12.0. The zero-order chi connectivity index (χ0) is 29.6. The molecule has 0 amide bonds. The van der Waals surface area contributed by atoms with Crippen molar-refractivity contribution in [3.8, 4) is 0 Å². The molecule has 232 valence electrons. The Morgan fingerprint density at radius 1 is 0.925 bits per heavy atom. The first-order chi connectivity index (χ1) is 19.0. The Morgan fingerprint density at radius 2 is 1.48 bits per heavy atom. The number of hydroxylamine groups is 1. The lowest BCUT2D eigenvalue weighted by molar-refractivity contribution is -0.0121. The Hall–Kier alpha value is -1.55. The first-order valence-electron chi connectivity index (χ1n) is 13.9. The molecule has 0 aromatic heterocycles. The number of fused-ring (bicyclic) bond motifs is 1. The monoisotopic (exact) mass is 592 g/mol. The van der Waals surface area contributed by atoms with E-state index < -0.39 is 15.8 Å². The number of unbranched alkanes of at least 4 members (excludes halogenated alkanes) is 1. The highest BCUT2D eigenvalue weighted by molar-refractivity contribution is 7.87. The first kappa shape index (κ1) is 34.7. The van der Waals surface area contributed by atoms with E-state index in [-0.39, 0.29) is 30.7 Å². The lowest BCUT2D eigenvalue weighted by Gasteiger charge is -2.46. The van der Waals surface area contributed by atoms with Gasteiger partial charge in [0.25, 0.3) is 0 Å². The normalized spacial score (nSPS) is 16.9. The quantitative estimate of drug-likeness (QED) is 0.123. The Balaban J connectivity index is 1.81. The molecule has 1 aliphatic rings. The third-order valence-corrected chi connectivity index (χ3v) is 6.97. The zero-order valence-corrected chi connectivity index (χ0v) is 25.1.